The SMILES string of the molecule is CCC(=O)Oc1cccc(-c2ccc(F)cc2)c1. The first kappa shape index (κ1) is 12.3. The van der Waals surface area contributed by atoms with Crippen molar-refractivity contribution < 1.29 is 13.9 Å². The summed E-state index contributed by atoms with van der Waals surface area (Å²) in [5, 5.41) is 0. The summed E-state index contributed by atoms with van der Waals surface area (Å²) in [5.74, 6) is -0.0396. The molecule has 92 valence electrons. The van der Waals surface area contributed by atoms with Gasteiger partial charge in [-0.2, -0.15) is 0 Å². The molecular formula is C15H13FO2. The van der Waals surface area contributed by atoms with E-state index < -0.39 is 0 Å². The number of ether oxygens (including phenoxy) is 1. The van der Waals surface area contributed by atoms with E-state index >= 15 is 0 Å². The average Bonchev–Trinajstić information content (AvgIpc) is 2.40. The van der Waals surface area contributed by atoms with Crippen molar-refractivity contribution in [1.82, 2.24) is 0 Å². The Kier molecular flexibility index (Phi) is 3.72. The molecule has 3 heteroatoms. The first-order chi connectivity index (χ1) is 8.69. The molecule has 2 aromatic carbocycles. The third-order valence-electron chi connectivity index (χ3n) is 2.53. The molecule has 0 bridgehead atoms. The Morgan fingerprint density at radius 2 is 1.83 bits per heavy atom. The molecule has 0 N–H and O–H groups in total. The van der Waals surface area contributed by atoms with E-state index in [0.29, 0.717) is 12.2 Å². The summed E-state index contributed by atoms with van der Waals surface area (Å²) in [7, 11) is 0. The Labute approximate surface area is 105 Å². The minimum absolute atomic E-state index is 0.271. The summed E-state index contributed by atoms with van der Waals surface area (Å²) in [6.45, 7) is 1.74. The highest BCUT2D eigenvalue weighted by molar-refractivity contribution is 5.73. The largest absolute Gasteiger partial charge is 0.427 e. The van der Waals surface area contributed by atoms with Gasteiger partial charge in [0.1, 0.15) is 11.6 Å². The Bertz CT molecular complexity index is 547. The maximum Gasteiger partial charge on any atom is 0.310 e. The number of benzene rings is 2. The van der Waals surface area contributed by atoms with Gasteiger partial charge in [-0.25, -0.2) is 4.39 Å². The lowest BCUT2D eigenvalue weighted by atomic mass is 10.1. The van der Waals surface area contributed by atoms with Crippen LogP contribution in [-0.4, -0.2) is 5.97 Å². The van der Waals surface area contributed by atoms with E-state index in [0.717, 1.165) is 11.1 Å². The molecule has 2 nitrogen and oxygen atoms in total. The summed E-state index contributed by atoms with van der Waals surface area (Å²) < 4.78 is 18.0. The molecule has 18 heavy (non-hydrogen) atoms. The Hall–Kier alpha value is -2.16. The van der Waals surface area contributed by atoms with Crippen molar-refractivity contribution in [2.75, 3.05) is 0 Å². The number of carbonyl (C=O) groups is 1. The van der Waals surface area contributed by atoms with Gasteiger partial charge in [0.05, 0.1) is 0 Å². The van der Waals surface area contributed by atoms with Crippen LogP contribution in [0.25, 0.3) is 11.1 Å². The smallest absolute Gasteiger partial charge is 0.310 e. The number of rotatable bonds is 3. The zero-order valence-electron chi connectivity index (χ0n) is 10.0. The molecule has 0 unspecified atom stereocenters. The maximum atomic E-state index is 12.8. The van der Waals surface area contributed by atoms with Gasteiger partial charge in [0.2, 0.25) is 0 Å². The van der Waals surface area contributed by atoms with Crippen LogP contribution < -0.4 is 4.74 Å². The summed E-state index contributed by atoms with van der Waals surface area (Å²) in [5.41, 5.74) is 1.77. The molecule has 0 saturated carbocycles. The highest BCUT2D eigenvalue weighted by Gasteiger charge is 2.04. The first-order valence-corrected chi connectivity index (χ1v) is 5.75. The molecule has 0 saturated heterocycles. The maximum absolute atomic E-state index is 12.8. The van der Waals surface area contributed by atoms with Crippen LogP contribution in [0.3, 0.4) is 0 Å². The summed E-state index contributed by atoms with van der Waals surface area (Å²) in [6, 6.07) is 13.4. The average molecular weight is 244 g/mol. The molecule has 2 aromatic rings. The monoisotopic (exact) mass is 244 g/mol. The van der Waals surface area contributed by atoms with E-state index in [2.05, 4.69) is 0 Å². The van der Waals surface area contributed by atoms with Crippen molar-refractivity contribution in [1.29, 1.82) is 0 Å². The van der Waals surface area contributed by atoms with Gasteiger partial charge in [0, 0.05) is 6.42 Å². The van der Waals surface area contributed by atoms with Gasteiger partial charge in [0.15, 0.2) is 0 Å². The highest BCUT2D eigenvalue weighted by Crippen LogP contribution is 2.24. The lowest BCUT2D eigenvalue weighted by molar-refractivity contribution is -0.134. The van der Waals surface area contributed by atoms with E-state index in [1.165, 1.54) is 12.1 Å². The van der Waals surface area contributed by atoms with E-state index in [9.17, 15) is 9.18 Å². The van der Waals surface area contributed by atoms with E-state index in [-0.39, 0.29) is 11.8 Å². The van der Waals surface area contributed by atoms with Gasteiger partial charge in [-0.05, 0) is 35.4 Å². The molecule has 0 atom stereocenters. The number of esters is 1. The summed E-state index contributed by atoms with van der Waals surface area (Å²) in [4.78, 5) is 11.2. The van der Waals surface area contributed by atoms with E-state index in [1.807, 2.05) is 6.07 Å². The van der Waals surface area contributed by atoms with Crippen molar-refractivity contribution in [2.45, 2.75) is 13.3 Å². The Morgan fingerprint density at radius 3 is 2.50 bits per heavy atom. The van der Waals surface area contributed by atoms with Crippen LogP contribution in [0.1, 0.15) is 13.3 Å². The highest BCUT2D eigenvalue weighted by atomic mass is 19.1. The molecule has 2 rings (SSSR count). The van der Waals surface area contributed by atoms with Gasteiger partial charge < -0.3 is 4.74 Å². The van der Waals surface area contributed by atoms with Gasteiger partial charge in [-0.1, -0.05) is 31.2 Å². The van der Waals surface area contributed by atoms with Crippen LogP contribution in [0.5, 0.6) is 5.75 Å². The molecule has 0 spiro atoms. The standard InChI is InChI=1S/C15H13FO2/c1-2-15(17)18-14-5-3-4-12(10-14)11-6-8-13(16)9-7-11/h3-10H,2H2,1H3. The van der Waals surface area contributed by atoms with Gasteiger partial charge >= 0.3 is 5.97 Å². The molecule has 0 aliphatic rings. The van der Waals surface area contributed by atoms with E-state index in [4.69, 9.17) is 4.74 Å². The molecule has 0 fully saturated rings. The summed E-state index contributed by atoms with van der Waals surface area (Å²) in [6.07, 6.45) is 0.334. The normalized spacial score (nSPS) is 10.1. The second-order valence-electron chi connectivity index (χ2n) is 3.86. The van der Waals surface area contributed by atoms with Crippen LogP contribution in [0.4, 0.5) is 4.39 Å². The van der Waals surface area contributed by atoms with Crippen LogP contribution in [0.15, 0.2) is 48.5 Å². The minimum atomic E-state index is -0.272. The predicted octanol–water partition coefficient (Wildman–Crippen LogP) is 3.81. The van der Waals surface area contributed by atoms with Crippen molar-refractivity contribution in [3.8, 4) is 16.9 Å². The van der Waals surface area contributed by atoms with Crippen molar-refractivity contribution in [3.05, 3.63) is 54.3 Å². The quantitative estimate of drug-likeness (QED) is 0.606. The topological polar surface area (TPSA) is 26.3 Å². The second-order valence-corrected chi connectivity index (χ2v) is 3.86. The van der Waals surface area contributed by atoms with Crippen molar-refractivity contribution in [2.24, 2.45) is 0 Å². The summed E-state index contributed by atoms with van der Waals surface area (Å²) >= 11 is 0. The van der Waals surface area contributed by atoms with Crippen LogP contribution in [0.2, 0.25) is 0 Å². The second kappa shape index (κ2) is 5.45. The number of carbonyl (C=O) groups excluding carboxylic acids is 1. The van der Waals surface area contributed by atoms with Gasteiger partial charge in [0.25, 0.3) is 0 Å². The van der Waals surface area contributed by atoms with Crippen LogP contribution in [0, 0.1) is 5.82 Å². The van der Waals surface area contributed by atoms with Gasteiger partial charge in [-0.15, -0.1) is 0 Å². The molecule has 0 aliphatic heterocycles. The van der Waals surface area contributed by atoms with Crippen LogP contribution in [-0.2, 0) is 4.79 Å². The van der Waals surface area contributed by atoms with Crippen molar-refractivity contribution >= 4 is 5.97 Å². The molecular weight excluding hydrogens is 231 g/mol. The lowest BCUT2D eigenvalue weighted by Gasteiger charge is -2.06. The Morgan fingerprint density at radius 1 is 1.11 bits per heavy atom. The van der Waals surface area contributed by atoms with Crippen LogP contribution >= 0.6 is 0 Å². The molecule has 0 aliphatic carbocycles. The number of hydrogen-bond donors (Lipinski definition) is 0. The molecule has 0 aromatic heterocycles. The third-order valence-corrected chi connectivity index (χ3v) is 2.53. The predicted molar refractivity (Wildman–Crippen MR) is 67.8 cm³/mol. The fourth-order valence-electron chi connectivity index (χ4n) is 1.59. The molecule has 0 radical (unpaired) electrons. The molecule has 0 amide bonds. The lowest BCUT2D eigenvalue weighted by Crippen LogP contribution is -2.05. The first-order valence-electron chi connectivity index (χ1n) is 5.75. The number of hydrogen-bond acceptors (Lipinski definition) is 2. The number of halogens is 1. The minimum Gasteiger partial charge on any atom is -0.427 e. The Balaban J connectivity index is 2.26. The zero-order valence-corrected chi connectivity index (χ0v) is 10.0. The van der Waals surface area contributed by atoms with Gasteiger partial charge in [-0.3, -0.25) is 4.79 Å². The fourth-order valence-corrected chi connectivity index (χ4v) is 1.59. The molecule has 0 heterocycles. The van der Waals surface area contributed by atoms with E-state index in [1.54, 1.807) is 37.3 Å². The third kappa shape index (κ3) is 2.94. The van der Waals surface area contributed by atoms with Crippen molar-refractivity contribution in [3.63, 3.8) is 0 Å². The zero-order chi connectivity index (χ0) is 13.0. The fraction of sp³-hybridized carbons (Fsp3) is 0.133.